The first-order chi connectivity index (χ1) is 8.38. The lowest BCUT2D eigenvalue weighted by atomic mass is 10.1. The Hall–Kier alpha value is -0.820. The minimum atomic E-state index is 0.800. The molecule has 0 atom stereocenters. The Morgan fingerprint density at radius 1 is 1.00 bits per heavy atom. The lowest BCUT2D eigenvalue weighted by molar-refractivity contribution is 0.528. The first kappa shape index (κ1) is 12.6. The molecule has 0 amide bonds. The Bertz CT molecular complexity index is 309. The van der Waals surface area contributed by atoms with Crippen molar-refractivity contribution in [1.29, 1.82) is 0 Å². The maximum absolute atomic E-state index is 3.67. The quantitative estimate of drug-likeness (QED) is 0.787. The van der Waals surface area contributed by atoms with Crippen LogP contribution in [0.2, 0.25) is 0 Å². The van der Waals surface area contributed by atoms with E-state index in [1.807, 2.05) is 0 Å². The summed E-state index contributed by atoms with van der Waals surface area (Å²) in [4.78, 5) is 0. The molecule has 94 valence electrons. The van der Waals surface area contributed by atoms with Gasteiger partial charge in [-0.3, -0.25) is 0 Å². The molecule has 0 aromatic heterocycles. The normalized spacial score (nSPS) is 16.5. The third-order valence-electron chi connectivity index (χ3n) is 3.76. The molecule has 1 N–H and O–H groups in total. The molecule has 0 bridgehead atoms. The van der Waals surface area contributed by atoms with Crippen molar-refractivity contribution in [3.05, 3.63) is 35.4 Å². The van der Waals surface area contributed by atoms with E-state index in [0.29, 0.717) is 0 Å². The van der Waals surface area contributed by atoms with Crippen LogP contribution < -0.4 is 5.32 Å². The van der Waals surface area contributed by atoms with Crippen molar-refractivity contribution in [2.24, 2.45) is 0 Å². The molecule has 1 fully saturated rings. The van der Waals surface area contributed by atoms with Gasteiger partial charge in [-0.2, -0.15) is 0 Å². The van der Waals surface area contributed by atoms with Crippen LogP contribution in [-0.4, -0.2) is 12.6 Å². The average molecular weight is 231 g/mol. The van der Waals surface area contributed by atoms with E-state index in [1.165, 1.54) is 56.1 Å². The summed E-state index contributed by atoms with van der Waals surface area (Å²) < 4.78 is 0. The molecule has 1 aliphatic rings. The summed E-state index contributed by atoms with van der Waals surface area (Å²) >= 11 is 0. The van der Waals surface area contributed by atoms with E-state index in [-0.39, 0.29) is 0 Å². The van der Waals surface area contributed by atoms with Crippen molar-refractivity contribution >= 4 is 0 Å². The molecule has 0 radical (unpaired) electrons. The largest absolute Gasteiger partial charge is 0.314 e. The minimum Gasteiger partial charge on any atom is -0.314 e. The van der Waals surface area contributed by atoms with Gasteiger partial charge in [0, 0.05) is 6.04 Å². The summed E-state index contributed by atoms with van der Waals surface area (Å²) in [6.07, 6.45) is 9.23. The van der Waals surface area contributed by atoms with E-state index in [0.717, 1.165) is 12.6 Å². The predicted molar refractivity (Wildman–Crippen MR) is 74.4 cm³/mol. The number of aryl methyl sites for hydroxylation is 1. The molecule has 1 aromatic carbocycles. The van der Waals surface area contributed by atoms with Crippen LogP contribution in [0, 0.1) is 0 Å². The van der Waals surface area contributed by atoms with E-state index in [9.17, 15) is 0 Å². The molecule has 0 heterocycles. The minimum absolute atomic E-state index is 0.800. The molecule has 0 saturated heterocycles. The van der Waals surface area contributed by atoms with E-state index in [1.54, 1.807) is 0 Å². The van der Waals surface area contributed by atoms with Crippen molar-refractivity contribution in [2.45, 2.75) is 57.9 Å². The third kappa shape index (κ3) is 4.16. The molecule has 1 nitrogen and oxygen atoms in total. The lowest BCUT2D eigenvalue weighted by Gasteiger charge is -2.11. The second-order valence-corrected chi connectivity index (χ2v) is 5.25. The van der Waals surface area contributed by atoms with Crippen LogP contribution in [0.4, 0.5) is 0 Å². The summed E-state index contributed by atoms with van der Waals surface area (Å²) in [5, 5.41) is 3.67. The molecule has 17 heavy (non-hydrogen) atoms. The van der Waals surface area contributed by atoms with Gasteiger partial charge >= 0.3 is 0 Å². The highest BCUT2D eigenvalue weighted by Crippen LogP contribution is 2.17. The Morgan fingerprint density at radius 2 is 1.59 bits per heavy atom. The van der Waals surface area contributed by atoms with Gasteiger partial charge in [-0.05, 0) is 43.4 Å². The summed E-state index contributed by atoms with van der Waals surface area (Å²) in [6, 6.07) is 9.96. The van der Waals surface area contributed by atoms with Crippen molar-refractivity contribution in [3.8, 4) is 0 Å². The highest BCUT2D eigenvalue weighted by Gasteiger charge is 2.13. The highest BCUT2D eigenvalue weighted by atomic mass is 14.9. The van der Waals surface area contributed by atoms with E-state index < -0.39 is 0 Å². The van der Waals surface area contributed by atoms with E-state index >= 15 is 0 Å². The molecule has 2 rings (SSSR count). The smallest absolute Gasteiger partial charge is 0.00671 e. The topological polar surface area (TPSA) is 12.0 Å². The summed E-state index contributed by atoms with van der Waals surface area (Å²) in [7, 11) is 0. The molecule has 1 aliphatic carbocycles. The van der Waals surface area contributed by atoms with E-state index in [4.69, 9.17) is 0 Å². The zero-order chi connectivity index (χ0) is 11.9. The predicted octanol–water partition coefficient (Wildman–Crippen LogP) is 3.71. The number of hydrogen-bond acceptors (Lipinski definition) is 1. The van der Waals surface area contributed by atoms with E-state index in [2.05, 4.69) is 36.5 Å². The van der Waals surface area contributed by atoms with Crippen molar-refractivity contribution < 1.29 is 0 Å². The third-order valence-corrected chi connectivity index (χ3v) is 3.76. The van der Waals surface area contributed by atoms with Gasteiger partial charge in [0.2, 0.25) is 0 Å². The number of benzene rings is 1. The summed E-state index contributed by atoms with van der Waals surface area (Å²) in [5.74, 6) is 0. The SMILES string of the molecule is CCCc1ccc(CCNC2CCCC2)cc1. The molecule has 1 saturated carbocycles. The molecule has 0 aliphatic heterocycles. The van der Waals surface area contributed by atoms with Crippen LogP contribution in [-0.2, 0) is 12.8 Å². The average Bonchev–Trinajstić information content (AvgIpc) is 2.85. The second-order valence-electron chi connectivity index (χ2n) is 5.25. The first-order valence-corrected chi connectivity index (χ1v) is 7.19. The summed E-state index contributed by atoms with van der Waals surface area (Å²) in [6.45, 7) is 3.37. The second kappa shape index (κ2) is 6.80. The maximum atomic E-state index is 3.67. The van der Waals surface area contributed by atoms with Crippen LogP contribution in [0.25, 0.3) is 0 Å². The molecule has 1 heteroatoms. The molecule has 0 unspecified atom stereocenters. The lowest BCUT2D eigenvalue weighted by Crippen LogP contribution is -2.27. The Morgan fingerprint density at radius 3 is 2.18 bits per heavy atom. The monoisotopic (exact) mass is 231 g/mol. The molecule has 0 spiro atoms. The van der Waals surface area contributed by atoms with Crippen LogP contribution in [0.1, 0.15) is 50.2 Å². The molecular formula is C16H25N. The van der Waals surface area contributed by atoms with Crippen LogP contribution in [0.5, 0.6) is 0 Å². The standard InChI is InChI=1S/C16H25N/c1-2-5-14-8-10-15(11-9-14)12-13-17-16-6-3-4-7-16/h8-11,16-17H,2-7,12-13H2,1H3. The number of rotatable bonds is 6. The molecular weight excluding hydrogens is 206 g/mol. The van der Waals surface area contributed by atoms with Gasteiger partial charge in [0.25, 0.3) is 0 Å². The van der Waals surface area contributed by atoms with Gasteiger partial charge in [-0.25, -0.2) is 0 Å². The fraction of sp³-hybridized carbons (Fsp3) is 0.625. The Kier molecular flexibility index (Phi) is 5.06. The van der Waals surface area contributed by atoms with Crippen LogP contribution in [0.3, 0.4) is 0 Å². The summed E-state index contributed by atoms with van der Waals surface area (Å²) in [5.41, 5.74) is 2.94. The maximum Gasteiger partial charge on any atom is 0.00671 e. The van der Waals surface area contributed by atoms with Gasteiger partial charge in [-0.15, -0.1) is 0 Å². The zero-order valence-electron chi connectivity index (χ0n) is 11.0. The zero-order valence-corrected chi connectivity index (χ0v) is 11.0. The fourth-order valence-corrected chi connectivity index (χ4v) is 2.71. The van der Waals surface area contributed by atoms with Crippen molar-refractivity contribution in [2.75, 3.05) is 6.54 Å². The number of hydrogen-bond donors (Lipinski definition) is 1. The fourth-order valence-electron chi connectivity index (χ4n) is 2.71. The highest BCUT2D eigenvalue weighted by molar-refractivity contribution is 5.22. The van der Waals surface area contributed by atoms with Crippen molar-refractivity contribution in [1.82, 2.24) is 5.32 Å². The van der Waals surface area contributed by atoms with Crippen LogP contribution >= 0.6 is 0 Å². The van der Waals surface area contributed by atoms with Gasteiger partial charge in [0.1, 0.15) is 0 Å². The Balaban J connectivity index is 1.70. The molecule has 1 aromatic rings. The van der Waals surface area contributed by atoms with Crippen molar-refractivity contribution in [3.63, 3.8) is 0 Å². The van der Waals surface area contributed by atoms with Gasteiger partial charge in [0.15, 0.2) is 0 Å². The van der Waals surface area contributed by atoms with Crippen LogP contribution in [0.15, 0.2) is 24.3 Å². The van der Waals surface area contributed by atoms with Gasteiger partial charge in [0.05, 0.1) is 0 Å². The Labute approximate surface area is 106 Å². The van der Waals surface area contributed by atoms with Gasteiger partial charge < -0.3 is 5.32 Å². The van der Waals surface area contributed by atoms with Gasteiger partial charge in [-0.1, -0.05) is 50.5 Å². The number of nitrogens with one attached hydrogen (secondary N) is 1. The first-order valence-electron chi connectivity index (χ1n) is 7.19.